The molecular weight excluding hydrogens is 232 g/mol. The average Bonchev–Trinajstić information content (AvgIpc) is 2.24. The zero-order valence-corrected chi connectivity index (χ0v) is 10.3. The van der Waals surface area contributed by atoms with Crippen LogP contribution in [0.25, 0.3) is 0 Å². The molecule has 0 aromatic carbocycles. The lowest BCUT2D eigenvalue weighted by molar-refractivity contribution is -0.308. The topological polar surface area (TPSA) is 90.5 Å². The summed E-state index contributed by atoms with van der Waals surface area (Å²) in [5, 5.41) is 15.5. The van der Waals surface area contributed by atoms with Crippen molar-refractivity contribution in [3.63, 3.8) is 0 Å². The second-order valence-electron chi connectivity index (χ2n) is 3.05. The van der Waals surface area contributed by atoms with Crippen molar-refractivity contribution in [3.05, 3.63) is 0 Å². The van der Waals surface area contributed by atoms with Crippen molar-refractivity contribution in [1.29, 1.82) is 0 Å². The molecule has 2 N–H and O–H groups in total. The molecule has 7 heteroatoms. The van der Waals surface area contributed by atoms with Gasteiger partial charge in [-0.3, -0.25) is 0 Å². The predicted molar refractivity (Wildman–Crippen MR) is 60.2 cm³/mol. The van der Waals surface area contributed by atoms with Gasteiger partial charge in [0.25, 0.3) is 0 Å². The first kappa shape index (κ1) is 15.0. The fourth-order valence-electron chi connectivity index (χ4n) is 0.961. The summed E-state index contributed by atoms with van der Waals surface area (Å²) >= 11 is 1.51. The van der Waals surface area contributed by atoms with Crippen LogP contribution in [0.2, 0.25) is 0 Å². The Labute approximate surface area is 99.1 Å². The molecule has 0 aliphatic carbocycles. The van der Waals surface area contributed by atoms with Gasteiger partial charge in [-0.2, -0.15) is 11.8 Å². The number of thioether (sulfide) groups is 1. The lowest BCUT2D eigenvalue weighted by Crippen LogP contribution is -2.51. The van der Waals surface area contributed by atoms with Crippen molar-refractivity contribution in [2.24, 2.45) is 0 Å². The van der Waals surface area contributed by atoms with E-state index in [9.17, 15) is 14.7 Å². The van der Waals surface area contributed by atoms with Gasteiger partial charge in [-0.05, 0) is 18.4 Å². The minimum Gasteiger partial charge on any atom is -0.548 e. The Morgan fingerprint density at radius 1 is 1.50 bits per heavy atom. The van der Waals surface area contributed by atoms with E-state index in [2.05, 4.69) is 10.6 Å². The van der Waals surface area contributed by atoms with Crippen LogP contribution in [0.1, 0.15) is 6.42 Å². The molecule has 0 bridgehead atoms. The summed E-state index contributed by atoms with van der Waals surface area (Å²) in [7, 11) is 1.52. The molecule has 0 aromatic rings. The van der Waals surface area contributed by atoms with Crippen LogP contribution in [0.3, 0.4) is 0 Å². The van der Waals surface area contributed by atoms with E-state index in [-0.39, 0.29) is 0 Å². The number of rotatable bonds is 8. The lowest BCUT2D eigenvalue weighted by atomic mass is 10.2. The van der Waals surface area contributed by atoms with E-state index in [0.29, 0.717) is 25.3 Å². The van der Waals surface area contributed by atoms with E-state index in [1.165, 1.54) is 18.9 Å². The first-order valence-electron chi connectivity index (χ1n) is 4.85. The highest BCUT2D eigenvalue weighted by molar-refractivity contribution is 7.98. The minimum absolute atomic E-state index is 0.338. The van der Waals surface area contributed by atoms with E-state index in [0.717, 1.165) is 0 Å². The second kappa shape index (κ2) is 9.29. The zero-order valence-electron chi connectivity index (χ0n) is 9.45. The summed E-state index contributed by atoms with van der Waals surface area (Å²) in [4.78, 5) is 21.9. The largest absolute Gasteiger partial charge is 0.548 e. The Kier molecular flexibility index (Phi) is 8.74. The van der Waals surface area contributed by atoms with Crippen molar-refractivity contribution < 1.29 is 19.4 Å². The molecule has 0 radical (unpaired) electrons. The fourth-order valence-corrected chi connectivity index (χ4v) is 1.43. The number of hydrogen-bond acceptors (Lipinski definition) is 5. The van der Waals surface area contributed by atoms with E-state index in [1.54, 1.807) is 0 Å². The van der Waals surface area contributed by atoms with E-state index in [4.69, 9.17) is 4.74 Å². The SMILES string of the molecule is COCCNC(=O)N[C@@H](CCSC)C(=O)[O-]. The van der Waals surface area contributed by atoms with E-state index in [1.807, 2.05) is 6.26 Å². The normalized spacial score (nSPS) is 11.9. The van der Waals surface area contributed by atoms with Gasteiger partial charge in [-0.15, -0.1) is 0 Å². The van der Waals surface area contributed by atoms with Crippen LogP contribution in [0.4, 0.5) is 4.79 Å². The molecule has 6 nitrogen and oxygen atoms in total. The average molecular weight is 249 g/mol. The van der Waals surface area contributed by atoms with Crippen LogP contribution < -0.4 is 15.7 Å². The number of aliphatic carboxylic acids is 1. The van der Waals surface area contributed by atoms with Gasteiger partial charge in [-0.1, -0.05) is 0 Å². The van der Waals surface area contributed by atoms with Gasteiger partial charge < -0.3 is 25.3 Å². The van der Waals surface area contributed by atoms with Crippen molar-refractivity contribution in [3.8, 4) is 0 Å². The molecule has 1 atom stereocenters. The summed E-state index contributed by atoms with van der Waals surface area (Å²) in [5.41, 5.74) is 0. The van der Waals surface area contributed by atoms with Gasteiger partial charge >= 0.3 is 6.03 Å². The zero-order chi connectivity index (χ0) is 12.4. The molecular formula is C9H17N2O4S-. The number of methoxy groups -OCH3 is 1. The van der Waals surface area contributed by atoms with Crippen molar-refractivity contribution in [1.82, 2.24) is 10.6 Å². The van der Waals surface area contributed by atoms with Gasteiger partial charge in [0.05, 0.1) is 18.6 Å². The monoisotopic (exact) mass is 249 g/mol. The molecule has 0 spiro atoms. The molecule has 0 aliphatic heterocycles. The Balaban J connectivity index is 3.88. The number of carboxylic acid groups (broad SMARTS) is 1. The highest BCUT2D eigenvalue weighted by atomic mass is 32.2. The molecule has 0 saturated heterocycles. The molecule has 16 heavy (non-hydrogen) atoms. The fraction of sp³-hybridized carbons (Fsp3) is 0.778. The first-order valence-corrected chi connectivity index (χ1v) is 6.24. The third-order valence-electron chi connectivity index (χ3n) is 1.79. The third-order valence-corrected chi connectivity index (χ3v) is 2.44. The van der Waals surface area contributed by atoms with Crippen LogP contribution in [-0.4, -0.2) is 50.3 Å². The molecule has 0 heterocycles. The molecule has 0 aromatic heterocycles. The maximum atomic E-state index is 11.2. The van der Waals surface area contributed by atoms with E-state index < -0.39 is 18.0 Å². The quantitative estimate of drug-likeness (QED) is 0.528. The maximum absolute atomic E-state index is 11.2. The third kappa shape index (κ3) is 7.36. The second-order valence-corrected chi connectivity index (χ2v) is 4.03. The molecule has 0 saturated carbocycles. The predicted octanol–water partition coefficient (Wildman–Crippen LogP) is -1.20. The Bertz CT molecular complexity index is 226. The van der Waals surface area contributed by atoms with Gasteiger partial charge in [0, 0.05) is 13.7 Å². The summed E-state index contributed by atoms with van der Waals surface area (Å²) in [6, 6.07) is -1.47. The van der Waals surface area contributed by atoms with Crippen molar-refractivity contribution >= 4 is 23.8 Å². The molecule has 0 aliphatic rings. The summed E-state index contributed by atoms with van der Waals surface area (Å²) in [6.45, 7) is 0.721. The highest BCUT2D eigenvalue weighted by Crippen LogP contribution is 1.99. The van der Waals surface area contributed by atoms with Crippen LogP contribution in [0, 0.1) is 0 Å². The lowest BCUT2D eigenvalue weighted by Gasteiger charge is -2.19. The summed E-state index contributed by atoms with van der Waals surface area (Å²) in [6.07, 6.45) is 2.21. The van der Waals surface area contributed by atoms with Gasteiger partial charge in [-0.25, -0.2) is 4.79 Å². The van der Waals surface area contributed by atoms with Crippen LogP contribution in [-0.2, 0) is 9.53 Å². The number of hydrogen-bond donors (Lipinski definition) is 2. The molecule has 0 rings (SSSR count). The smallest absolute Gasteiger partial charge is 0.315 e. The molecule has 0 unspecified atom stereocenters. The van der Waals surface area contributed by atoms with Crippen molar-refractivity contribution in [2.45, 2.75) is 12.5 Å². The standard InChI is InChI=1S/C9H18N2O4S/c1-15-5-4-10-9(14)11-7(8(12)13)3-6-16-2/h7H,3-6H2,1-2H3,(H,12,13)(H2,10,11,14)/p-1/t7-/m0/s1. The van der Waals surface area contributed by atoms with E-state index >= 15 is 0 Å². The number of nitrogens with one attached hydrogen (secondary N) is 2. The Morgan fingerprint density at radius 2 is 2.19 bits per heavy atom. The number of amides is 2. The number of ether oxygens (including phenoxy) is 1. The van der Waals surface area contributed by atoms with Crippen LogP contribution in [0.5, 0.6) is 0 Å². The molecule has 94 valence electrons. The molecule has 2 amide bonds. The van der Waals surface area contributed by atoms with Gasteiger partial charge in [0.2, 0.25) is 0 Å². The Morgan fingerprint density at radius 3 is 2.69 bits per heavy atom. The number of carbonyl (C=O) groups excluding carboxylic acids is 2. The first-order chi connectivity index (χ1) is 7.61. The number of carboxylic acids is 1. The minimum atomic E-state index is -1.27. The van der Waals surface area contributed by atoms with Crippen LogP contribution >= 0.6 is 11.8 Å². The van der Waals surface area contributed by atoms with Crippen molar-refractivity contribution in [2.75, 3.05) is 32.3 Å². The van der Waals surface area contributed by atoms with Crippen LogP contribution in [0.15, 0.2) is 0 Å². The maximum Gasteiger partial charge on any atom is 0.315 e. The number of urea groups is 1. The molecule has 0 fully saturated rings. The summed E-state index contributed by atoms with van der Waals surface area (Å²) < 4.78 is 4.74. The summed E-state index contributed by atoms with van der Waals surface area (Å²) in [5.74, 6) is -0.618. The highest BCUT2D eigenvalue weighted by Gasteiger charge is 2.12. The van der Waals surface area contributed by atoms with Gasteiger partial charge in [0.1, 0.15) is 0 Å². The number of carbonyl (C=O) groups is 2. The Hall–Kier alpha value is -0.950. The van der Waals surface area contributed by atoms with Gasteiger partial charge in [0.15, 0.2) is 0 Å².